The second-order valence-electron chi connectivity index (χ2n) is 9.56. The highest BCUT2D eigenvalue weighted by Crippen LogP contribution is 2.44. The number of carbonyl (C=O) groups excluding carboxylic acids is 1. The number of aliphatic hydroxyl groups is 1. The van der Waals surface area contributed by atoms with Crippen LogP contribution in [0.5, 0.6) is 0 Å². The quantitative estimate of drug-likeness (QED) is 0.558. The fourth-order valence-corrected chi connectivity index (χ4v) is 6.19. The maximum absolute atomic E-state index is 13.4. The third kappa shape index (κ3) is 3.11. The van der Waals surface area contributed by atoms with Crippen molar-refractivity contribution in [2.45, 2.75) is 36.9 Å². The molecule has 1 aliphatic carbocycles. The number of amides is 2. The Bertz CT molecular complexity index is 1290. The van der Waals surface area contributed by atoms with Gasteiger partial charge in [-0.15, -0.1) is 0 Å². The molecular weight excluding hydrogens is 430 g/mol. The van der Waals surface area contributed by atoms with Crippen LogP contribution in [0.1, 0.15) is 35.6 Å². The number of anilines is 1. The summed E-state index contributed by atoms with van der Waals surface area (Å²) in [5, 5.41) is 25.2. The minimum atomic E-state index is -1.88. The van der Waals surface area contributed by atoms with Crippen molar-refractivity contribution >= 4 is 28.5 Å². The Morgan fingerprint density at radius 2 is 1.76 bits per heavy atom. The van der Waals surface area contributed by atoms with Crippen molar-refractivity contribution < 1.29 is 19.8 Å². The van der Waals surface area contributed by atoms with E-state index in [2.05, 4.69) is 46.6 Å². The van der Waals surface area contributed by atoms with E-state index in [1.165, 1.54) is 21.9 Å². The van der Waals surface area contributed by atoms with Crippen LogP contribution in [0.3, 0.4) is 0 Å². The van der Waals surface area contributed by atoms with Gasteiger partial charge in [-0.25, -0.2) is 4.79 Å². The maximum atomic E-state index is 13.4. The predicted molar refractivity (Wildman–Crippen MR) is 129 cm³/mol. The summed E-state index contributed by atoms with van der Waals surface area (Å²) in [5.74, 6) is -0.445. The normalized spacial score (nSPS) is 24.6. The van der Waals surface area contributed by atoms with E-state index in [0.29, 0.717) is 17.3 Å². The molecule has 7 heteroatoms. The Hall–Kier alpha value is -3.42. The van der Waals surface area contributed by atoms with Crippen molar-refractivity contribution in [3.8, 4) is 0 Å². The number of likely N-dealkylation sites (tertiary alicyclic amines) is 1. The summed E-state index contributed by atoms with van der Waals surface area (Å²) in [4.78, 5) is 28.7. The fraction of sp³-hybridized carbons (Fsp3) is 0.333. The zero-order valence-corrected chi connectivity index (χ0v) is 18.8. The summed E-state index contributed by atoms with van der Waals surface area (Å²) in [5.41, 5.74) is 2.06. The van der Waals surface area contributed by atoms with Crippen molar-refractivity contribution in [3.05, 3.63) is 77.4 Å². The number of hydrogen-bond acceptors (Lipinski definition) is 4. The lowest BCUT2D eigenvalue weighted by molar-refractivity contribution is -0.136. The summed E-state index contributed by atoms with van der Waals surface area (Å²) in [6.07, 6.45) is 1.34. The first-order valence-electron chi connectivity index (χ1n) is 11.8. The van der Waals surface area contributed by atoms with E-state index in [9.17, 15) is 14.7 Å². The van der Waals surface area contributed by atoms with Gasteiger partial charge in [0.2, 0.25) is 0 Å². The minimum absolute atomic E-state index is 0.0386. The molecule has 2 aliphatic heterocycles. The average molecular weight is 458 g/mol. The van der Waals surface area contributed by atoms with Crippen molar-refractivity contribution in [2.75, 3.05) is 24.5 Å². The van der Waals surface area contributed by atoms with E-state index < -0.39 is 17.6 Å². The molecule has 3 aromatic carbocycles. The van der Waals surface area contributed by atoms with Gasteiger partial charge < -0.3 is 20.4 Å². The van der Waals surface area contributed by atoms with Gasteiger partial charge in [0.15, 0.2) is 5.60 Å². The van der Waals surface area contributed by atoms with Gasteiger partial charge in [0, 0.05) is 30.7 Å². The standard InChI is InChI=1S/C27H27N3O4/c31-25-27(34,16-28-26(32)33)21-9-1-2-10-22(21)30(25)19-11-13-29(14-12-19)23-15-18-7-3-5-17-6-4-8-20(23)24(17)18/h1-10,19,23,28,34H,11-16H2,(H,32,33). The molecule has 0 spiro atoms. The van der Waals surface area contributed by atoms with E-state index in [1.807, 2.05) is 12.1 Å². The number of carbonyl (C=O) groups is 2. The molecule has 3 N–H and O–H groups in total. The summed E-state index contributed by atoms with van der Waals surface area (Å²) in [6.45, 7) is 1.35. The maximum Gasteiger partial charge on any atom is 0.404 e. The van der Waals surface area contributed by atoms with Crippen molar-refractivity contribution in [1.82, 2.24) is 10.2 Å². The van der Waals surface area contributed by atoms with Gasteiger partial charge in [0.1, 0.15) is 0 Å². The van der Waals surface area contributed by atoms with E-state index in [0.717, 1.165) is 32.4 Å². The highest BCUT2D eigenvalue weighted by atomic mass is 16.4. The summed E-state index contributed by atoms with van der Waals surface area (Å²) < 4.78 is 0. The van der Waals surface area contributed by atoms with Gasteiger partial charge in [-0.3, -0.25) is 9.69 Å². The molecule has 34 heavy (non-hydrogen) atoms. The second kappa shape index (κ2) is 7.82. The molecule has 2 heterocycles. The van der Waals surface area contributed by atoms with Gasteiger partial charge in [0.05, 0.1) is 12.2 Å². The summed E-state index contributed by atoms with van der Waals surface area (Å²) >= 11 is 0. The van der Waals surface area contributed by atoms with Crippen molar-refractivity contribution in [2.24, 2.45) is 0 Å². The monoisotopic (exact) mass is 457 g/mol. The molecule has 2 amide bonds. The Balaban J connectivity index is 1.22. The fourth-order valence-electron chi connectivity index (χ4n) is 6.19. The van der Waals surface area contributed by atoms with E-state index in [-0.39, 0.29) is 12.6 Å². The number of benzene rings is 3. The number of fused-ring (bicyclic) bond motifs is 1. The molecule has 1 saturated heterocycles. The Morgan fingerprint density at radius 3 is 2.53 bits per heavy atom. The second-order valence-corrected chi connectivity index (χ2v) is 9.56. The molecular formula is C27H27N3O4. The molecule has 1 fully saturated rings. The van der Waals surface area contributed by atoms with Crippen LogP contribution in [0.2, 0.25) is 0 Å². The summed E-state index contributed by atoms with van der Waals surface area (Å²) in [6, 6.07) is 20.6. The Kier molecular flexibility index (Phi) is 4.86. The largest absolute Gasteiger partial charge is 0.465 e. The molecule has 0 aromatic heterocycles. The van der Waals surface area contributed by atoms with Gasteiger partial charge in [0.25, 0.3) is 5.91 Å². The van der Waals surface area contributed by atoms with Crippen LogP contribution in [0.25, 0.3) is 10.8 Å². The minimum Gasteiger partial charge on any atom is -0.465 e. The highest BCUT2D eigenvalue weighted by Gasteiger charge is 2.52. The zero-order valence-electron chi connectivity index (χ0n) is 18.8. The van der Waals surface area contributed by atoms with Crippen LogP contribution in [-0.2, 0) is 16.8 Å². The summed E-state index contributed by atoms with van der Waals surface area (Å²) in [7, 11) is 0. The molecule has 7 nitrogen and oxygen atoms in total. The lowest BCUT2D eigenvalue weighted by Gasteiger charge is -2.40. The van der Waals surface area contributed by atoms with Crippen LogP contribution in [0.15, 0.2) is 60.7 Å². The smallest absolute Gasteiger partial charge is 0.404 e. The zero-order chi connectivity index (χ0) is 23.4. The van der Waals surface area contributed by atoms with Crippen molar-refractivity contribution in [1.29, 1.82) is 0 Å². The number of carboxylic acid groups (broad SMARTS) is 1. The van der Waals surface area contributed by atoms with Crippen LogP contribution in [0.4, 0.5) is 10.5 Å². The van der Waals surface area contributed by atoms with E-state index in [4.69, 9.17) is 5.11 Å². The van der Waals surface area contributed by atoms with E-state index >= 15 is 0 Å². The van der Waals surface area contributed by atoms with Gasteiger partial charge in [-0.1, -0.05) is 54.6 Å². The number of piperidine rings is 1. The molecule has 2 unspecified atom stereocenters. The Labute approximate surface area is 197 Å². The first-order chi connectivity index (χ1) is 16.5. The molecule has 3 aromatic rings. The number of para-hydroxylation sites is 1. The van der Waals surface area contributed by atoms with Gasteiger partial charge in [-0.2, -0.15) is 0 Å². The highest BCUT2D eigenvalue weighted by molar-refractivity contribution is 6.07. The lowest BCUT2D eigenvalue weighted by Crippen LogP contribution is -2.53. The number of rotatable bonds is 4. The van der Waals surface area contributed by atoms with Crippen LogP contribution >= 0.6 is 0 Å². The third-order valence-corrected chi connectivity index (χ3v) is 7.78. The topological polar surface area (TPSA) is 93.1 Å². The molecule has 0 saturated carbocycles. The first-order valence-corrected chi connectivity index (χ1v) is 11.8. The Morgan fingerprint density at radius 1 is 1.03 bits per heavy atom. The molecule has 6 rings (SSSR count). The molecule has 0 radical (unpaired) electrons. The molecule has 0 bridgehead atoms. The van der Waals surface area contributed by atoms with Gasteiger partial charge in [-0.05, 0) is 47.2 Å². The lowest BCUT2D eigenvalue weighted by atomic mass is 9.95. The van der Waals surface area contributed by atoms with Crippen LogP contribution in [0, 0.1) is 0 Å². The van der Waals surface area contributed by atoms with Crippen LogP contribution in [-0.4, -0.2) is 52.8 Å². The third-order valence-electron chi connectivity index (χ3n) is 7.78. The number of nitrogens with zero attached hydrogens (tertiary/aromatic N) is 2. The van der Waals surface area contributed by atoms with Crippen LogP contribution < -0.4 is 10.2 Å². The SMILES string of the molecule is O=C(O)NCC1(O)C(=O)N(C2CCN(C3Cc4cccc5cccc3c45)CC2)c2ccccc21. The van der Waals surface area contributed by atoms with E-state index in [1.54, 1.807) is 17.0 Å². The number of nitrogens with one attached hydrogen (secondary N) is 1. The predicted octanol–water partition coefficient (Wildman–Crippen LogP) is 3.40. The van der Waals surface area contributed by atoms with Gasteiger partial charge >= 0.3 is 6.09 Å². The first kappa shape index (κ1) is 21.1. The average Bonchev–Trinajstić information content (AvgIpc) is 3.34. The molecule has 2 atom stereocenters. The number of hydrogen-bond donors (Lipinski definition) is 3. The molecule has 3 aliphatic rings. The van der Waals surface area contributed by atoms with Crippen molar-refractivity contribution in [3.63, 3.8) is 0 Å². The molecule has 174 valence electrons.